The van der Waals surface area contributed by atoms with E-state index in [1.54, 1.807) is 14.0 Å². The molecule has 0 saturated carbocycles. The fourth-order valence-corrected chi connectivity index (χ4v) is 2.79. The fraction of sp³-hybridized carbons (Fsp3) is 0.364. The Balaban J connectivity index is 2.04. The molecule has 138 valence electrons. The zero-order valence-corrected chi connectivity index (χ0v) is 16.4. The molecule has 2 aromatic rings. The lowest BCUT2D eigenvalue weighted by Gasteiger charge is -2.24. The van der Waals surface area contributed by atoms with Crippen LogP contribution in [0.2, 0.25) is 0 Å². The summed E-state index contributed by atoms with van der Waals surface area (Å²) < 4.78 is 5.72. The van der Waals surface area contributed by atoms with Crippen LogP contribution in [0.1, 0.15) is 39.5 Å². The summed E-state index contributed by atoms with van der Waals surface area (Å²) in [6.45, 7) is 9.53. The van der Waals surface area contributed by atoms with Gasteiger partial charge in [0.15, 0.2) is 12.4 Å². The minimum absolute atomic E-state index is 0.0731. The Morgan fingerprint density at radius 3 is 2.15 bits per heavy atom. The van der Waals surface area contributed by atoms with E-state index in [1.807, 2.05) is 64.1 Å². The molecule has 0 aromatic heterocycles. The largest absolute Gasteiger partial charge is 0.483 e. The van der Waals surface area contributed by atoms with Crippen molar-refractivity contribution in [2.45, 2.75) is 40.7 Å². The normalized spacial score (nSPS) is 11.8. The average Bonchev–Trinajstić information content (AvgIpc) is 2.61. The second kappa shape index (κ2) is 8.17. The summed E-state index contributed by atoms with van der Waals surface area (Å²) in [6, 6.07) is 10.9. The highest BCUT2D eigenvalue weighted by Crippen LogP contribution is 2.22. The zero-order chi connectivity index (χ0) is 19.4. The first-order valence-electron chi connectivity index (χ1n) is 8.78. The lowest BCUT2D eigenvalue weighted by Crippen LogP contribution is -2.42. The molecule has 0 fully saturated rings. The summed E-state index contributed by atoms with van der Waals surface area (Å²) in [7, 11) is 1.64. The maximum Gasteiger partial charge on any atom is 0.260 e. The molecule has 0 saturated heterocycles. The zero-order valence-electron chi connectivity index (χ0n) is 16.4. The van der Waals surface area contributed by atoms with Gasteiger partial charge in [0.25, 0.3) is 5.91 Å². The first-order chi connectivity index (χ1) is 12.2. The molecule has 4 heteroatoms. The number of rotatable bonds is 6. The van der Waals surface area contributed by atoms with E-state index in [-0.39, 0.29) is 18.3 Å². The van der Waals surface area contributed by atoms with Crippen molar-refractivity contribution in [1.82, 2.24) is 4.90 Å². The number of Topliss-reactive ketones (excluding diaryl/α,β-unsaturated/α-hetero) is 1. The number of amides is 1. The van der Waals surface area contributed by atoms with E-state index in [0.717, 1.165) is 28.0 Å². The third-order valence-corrected chi connectivity index (χ3v) is 4.89. The van der Waals surface area contributed by atoms with Crippen molar-refractivity contribution >= 4 is 11.7 Å². The van der Waals surface area contributed by atoms with Crippen molar-refractivity contribution in [1.29, 1.82) is 0 Å². The lowest BCUT2D eigenvalue weighted by molar-refractivity contribution is -0.133. The van der Waals surface area contributed by atoms with Gasteiger partial charge in [-0.25, -0.2) is 0 Å². The van der Waals surface area contributed by atoms with Crippen LogP contribution in [0.25, 0.3) is 0 Å². The summed E-state index contributed by atoms with van der Waals surface area (Å²) in [5, 5.41) is 0. The highest BCUT2D eigenvalue weighted by molar-refractivity contribution is 6.01. The second-order valence-electron chi connectivity index (χ2n) is 6.85. The highest BCUT2D eigenvalue weighted by Gasteiger charge is 2.24. The number of carbonyl (C=O) groups is 2. The van der Waals surface area contributed by atoms with Gasteiger partial charge < -0.3 is 9.64 Å². The summed E-state index contributed by atoms with van der Waals surface area (Å²) in [5.74, 6) is 0.427. The van der Waals surface area contributed by atoms with Crippen molar-refractivity contribution in [3.8, 4) is 5.75 Å². The number of para-hydroxylation sites is 1. The molecule has 0 aliphatic rings. The third kappa shape index (κ3) is 4.31. The first-order valence-corrected chi connectivity index (χ1v) is 8.78. The molecular formula is C22H27NO3. The van der Waals surface area contributed by atoms with Crippen molar-refractivity contribution in [3.63, 3.8) is 0 Å². The summed E-state index contributed by atoms with van der Waals surface area (Å²) in [6.07, 6.45) is 0. The van der Waals surface area contributed by atoms with Gasteiger partial charge in [0.1, 0.15) is 5.75 Å². The lowest BCUT2D eigenvalue weighted by atomic mass is 10.00. The van der Waals surface area contributed by atoms with Crippen LogP contribution < -0.4 is 4.74 Å². The van der Waals surface area contributed by atoms with E-state index in [0.29, 0.717) is 5.56 Å². The van der Waals surface area contributed by atoms with Crippen LogP contribution in [0.5, 0.6) is 5.75 Å². The van der Waals surface area contributed by atoms with Crippen molar-refractivity contribution in [2.24, 2.45) is 0 Å². The van der Waals surface area contributed by atoms with E-state index in [1.165, 1.54) is 4.90 Å². The van der Waals surface area contributed by atoms with E-state index < -0.39 is 6.04 Å². The third-order valence-electron chi connectivity index (χ3n) is 4.89. The molecule has 1 amide bonds. The molecule has 0 radical (unpaired) electrons. The van der Waals surface area contributed by atoms with Crippen LogP contribution in [0.4, 0.5) is 0 Å². The van der Waals surface area contributed by atoms with Crippen LogP contribution in [0.15, 0.2) is 36.4 Å². The molecule has 0 N–H and O–H groups in total. The summed E-state index contributed by atoms with van der Waals surface area (Å²) >= 11 is 0. The number of hydrogen-bond acceptors (Lipinski definition) is 3. The molecule has 0 aliphatic heterocycles. The van der Waals surface area contributed by atoms with Gasteiger partial charge in [-0.15, -0.1) is 0 Å². The van der Waals surface area contributed by atoms with E-state index in [9.17, 15) is 9.59 Å². The van der Waals surface area contributed by atoms with Gasteiger partial charge in [-0.3, -0.25) is 9.59 Å². The number of benzene rings is 2. The van der Waals surface area contributed by atoms with E-state index in [4.69, 9.17) is 4.74 Å². The Hall–Kier alpha value is -2.62. The standard InChI is InChI=1S/C22H27NO3/c1-14-10-11-19(12-17(14)4)21(25)18(5)23(6)20(24)13-26-22-15(2)8-7-9-16(22)3/h7-12,18H,13H2,1-6H3. The minimum Gasteiger partial charge on any atom is -0.483 e. The van der Waals surface area contributed by atoms with Gasteiger partial charge in [-0.1, -0.05) is 30.3 Å². The van der Waals surface area contributed by atoms with Gasteiger partial charge in [0, 0.05) is 12.6 Å². The molecule has 0 aliphatic carbocycles. The van der Waals surface area contributed by atoms with Gasteiger partial charge in [-0.05, 0) is 62.9 Å². The number of aryl methyl sites for hydroxylation is 4. The molecule has 2 rings (SSSR count). The smallest absolute Gasteiger partial charge is 0.260 e. The number of hydrogen-bond donors (Lipinski definition) is 0. The number of ether oxygens (including phenoxy) is 1. The van der Waals surface area contributed by atoms with Crippen LogP contribution in [0, 0.1) is 27.7 Å². The summed E-state index contributed by atoms with van der Waals surface area (Å²) in [4.78, 5) is 26.6. The van der Waals surface area contributed by atoms with Gasteiger partial charge in [-0.2, -0.15) is 0 Å². The Labute approximate surface area is 155 Å². The highest BCUT2D eigenvalue weighted by atomic mass is 16.5. The maximum atomic E-state index is 12.7. The SMILES string of the molecule is Cc1ccc(C(=O)C(C)N(C)C(=O)COc2c(C)cccc2C)cc1C. The number of carbonyl (C=O) groups excluding carboxylic acids is 2. The van der Waals surface area contributed by atoms with Crippen LogP contribution in [-0.2, 0) is 4.79 Å². The quantitative estimate of drug-likeness (QED) is 0.737. The molecule has 0 spiro atoms. The Bertz CT molecular complexity index is 806. The van der Waals surface area contributed by atoms with Crippen LogP contribution >= 0.6 is 0 Å². The number of nitrogens with zero attached hydrogens (tertiary/aromatic N) is 1. The Morgan fingerprint density at radius 2 is 1.58 bits per heavy atom. The van der Waals surface area contributed by atoms with E-state index >= 15 is 0 Å². The van der Waals surface area contributed by atoms with Crippen molar-refractivity contribution in [2.75, 3.05) is 13.7 Å². The second-order valence-corrected chi connectivity index (χ2v) is 6.85. The molecule has 1 atom stereocenters. The van der Waals surface area contributed by atoms with Crippen LogP contribution in [-0.4, -0.2) is 36.3 Å². The van der Waals surface area contributed by atoms with Crippen molar-refractivity contribution < 1.29 is 14.3 Å². The monoisotopic (exact) mass is 353 g/mol. The fourth-order valence-electron chi connectivity index (χ4n) is 2.79. The van der Waals surface area contributed by atoms with Crippen molar-refractivity contribution in [3.05, 3.63) is 64.2 Å². The number of ketones is 1. The number of likely N-dealkylation sites (N-methyl/N-ethyl adjacent to an activating group) is 1. The molecule has 0 bridgehead atoms. The van der Waals surface area contributed by atoms with Crippen LogP contribution in [0.3, 0.4) is 0 Å². The maximum absolute atomic E-state index is 12.7. The molecule has 0 heterocycles. The van der Waals surface area contributed by atoms with Gasteiger partial charge in [0.2, 0.25) is 0 Å². The predicted octanol–water partition coefficient (Wildman–Crippen LogP) is 4.03. The molecular weight excluding hydrogens is 326 g/mol. The summed E-state index contributed by atoms with van der Waals surface area (Å²) in [5.41, 5.74) is 4.80. The molecule has 4 nitrogen and oxygen atoms in total. The topological polar surface area (TPSA) is 46.6 Å². The van der Waals surface area contributed by atoms with Gasteiger partial charge >= 0.3 is 0 Å². The molecule has 26 heavy (non-hydrogen) atoms. The Kier molecular flexibility index (Phi) is 6.19. The minimum atomic E-state index is -0.550. The molecule has 1 unspecified atom stereocenters. The predicted molar refractivity (Wildman–Crippen MR) is 104 cm³/mol. The van der Waals surface area contributed by atoms with Gasteiger partial charge in [0.05, 0.1) is 6.04 Å². The average molecular weight is 353 g/mol. The van der Waals surface area contributed by atoms with E-state index in [2.05, 4.69) is 0 Å². The first kappa shape index (κ1) is 19.7. The molecule has 2 aromatic carbocycles. The Morgan fingerprint density at radius 1 is 0.962 bits per heavy atom.